The summed E-state index contributed by atoms with van der Waals surface area (Å²) in [6.45, 7) is 0.897. The van der Waals surface area contributed by atoms with Gasteiger partial charge in [-0.2, -0.15) is 74.6 Å². The fourth-order valence-corrected chi connectivity index (χ4v) is 2.28. The zero-order valence-electron chi connectivity index (χ0n) is 17.3. The van der Waals surface area contributed by atoms with Crippen LogP contribution in [0.5, 0.6) is 0 Å². The van der Waals surface area contributed by atoms with E-state index in [0.717, 1.165) is 24.4 Å². The van der Waals surface area contributed by atoms with Crippen molar-refractivity contribution in [3.05, 3.63) is 28.8 Å². The normalized spacial score (nSPS) is 17.6. The second-order valence-electron chi connectivity index (χ2n) is 6.86. The first kappa shape index (κ1) is 33.7. The second kappa shape index (κ2) is 9.72. The number of halogens is 18. The molecule has 0 aromatic heterocycles. The molecule has 1 rings (SSSR count). The highest BCUT2D eigenvalue weighted by Crippen LogP contribution is 2.56. The molecule has 1 amide bonds. The fraction of sp³-hybridized carbons (Fsp3) is 0.562. The molecule has 0 saturated carbocycles. The van der Waals surface area contributed by atoms with Crippen LogP contribution in [0.1, 0.15) is 5.56 Å². The molecule has 2 atom stereocenters. The van der Waals surface area contributed by atoms with Crippen molar-refractivity contribution >= 4 is 23.2 Å². The molecule has 0 bridgehead atoms. The first-order valence-corrected chi connectivity index (χ1v) is 9.04. The standard InChI is InChI=1S/C16H7ClF17NO3/c1-5-6(17)3-2-4-7(5)35-8(36)9(18,12(22,23)24)37-16(33,34)11(21,14(28,29)30)38-15(31,32)10(19,20)13(25,26)27/h2-4H,1H3,(H,35,36)/t9-,11-/m0/s1. The molecule has 0 fully saturated rings. The van der Waals surface area contributed by atoms with Crippen LogP contribution < -0.4 is 5.32 Å². The minimum absolute atomic E-state index is 0.397. The van der Waals surface area contributed by atoms with E-state index in [4.69, 9.17) is 11.6 Å². The summed E-state index contributed by atoms with van der Waals surface area (Å²) in [5.41, 5.74) is -1.40. The van der Waals surface area contributed by atoms with Crippen LogP contribution >= 0.6 is 11.6 Å². The third kappa shape index (κ3) is 5.82. The summed E-state index contributed by atoms with van der Waals surface area (Å²) in [6, 6.07) is 2.44. The maximum Gasteiger partial charge on any atom is 0.462 e. The van der Waals surface area contributed by atoms with Gasteiger partial charge in [-0.25, -0.2) is 0 Å². The lowest BCUT2D eigenvalue weighted by molar-refractivity contribution is -0.548. The van der Waals surface area contributed by atoms with E-state index < -0.39 is 70.6 Å². The monoisotopic (exact) mass is 619 g/mol. The van der Waals surface area contributed by atoms with E-state index in [1.165, 1.54) is 4.74 Å². The van der Waals surface area contributed by atoms with Crippen molar-refractivity contribution in [2.45, 2.75) is 55.3 Å². The summed E-state index contributed by atoms with van der Waals surface area (Å²) in [5, 5.41) is 0.469. The number of rotatable bonds is 8. The van der Waals surface area contributed by atoms with Gasteiger partial charge in [0.15, 0.2) is 0 Å². The lowest BCUT2D eigenvalue weighted by atomic mass is 10.1. The van der Waals surface area contributed by atoms with Crippen LogP contribution in [0.25, 0.3) is 0 Å². The Hall–Kier alpha value is -2.29. The van der Waals surface area contributed by atoms with Crippen molar-refractivity contribution in [2.75, 3.05) is 5.32 Å². The Bertz CT molecular complexity index is 1040. The fourth-order valence-electron chi connectivity index (χ4n) is 2.11. The molecule has 38 heavy (non-hydrogen) atoms. The summed E-state index contributed by atoms with van der Waals surface area (Å²) in [7, 11) is 0. The van der Waals surface area contributed by atoms with Crippen molar-refractivity contribution in [2.24, 2.45) is 0 Å². The predicted octanol–water partition coefficient (Wildman–Crippen LogP) is 7.46. The second-order valence-corrected chi connectivity index (χ2v) is 7.27. The van der Waals surface area contributed by atoms with Crippen LogP contribution in [-0.2, 0) is 14.3 Å². The van der Waals surface area contributed by atoms with Gasteiger partial charge in [0.1, 0.15) is 0 Å². The maximum atomic E-state index is 14.5. The Morgan fingerprint density at radius 1 is 0.711 bits per heavy atom. The first-order chi connectivity index (χ1) is 16.5. The van der Waals surface area contributed by atoms with E-state index in [1.807, 2.05) is 4.74 Å². The van der Waals surface area contributed by atoms with Gasteiger partial charge in [-0.3, -0.25) is 14.3 Å². The van der Waals surface area contributed by atoms with E-state index in [-0.39, 0.29) is 0 Å². The molecule has 0 saturated heterocycles. The smallest absolute Gasteiger partial charge is 0.320 e. The lowest BCUT2D eigenvalue weighted by Gasteiger charge is -2.40. The number of nitrogens with one attached hydrogen (secondary N) is 1. The molecule has 0 unspecified atom stereocenters. The summed E-state index contributed by atoms with van der Waals surface area (Å²) < 4.78 is 227. The zero-order valence-corrected chi connectivity index (χ0v) is 18.0. The van der Waals surface area contributed by atoms with E-state index in [2.05, 4.69) is 0 Å². The first-order valence-electron chi connectivity index (χ1n) is 8.67. The summed E-state index contributed by atoms with van der Waals surface area (Å²) in [6.07, 6.45) is -38.7. The molecule has 0 spiro atoms. The highest BCUT2D eigenvalue weighted by Gasteiger charge is 2.85. The van der Waals surface area contributed by atoms with E-state index in [1.54, 1.807) is 0 Å². The number of benzene rings is 1. The van der Waals surface area contributed by atoms with Gasteiger partial charge in [-0.05, 0) is 24.6 Å². The molecule has 4 nitrogen and oxygen atoms in total. The molecule has 1 aromatic rings. The van der Waals surface area contributed by atoms with Crippen LogP contribution in [-0.4, -0.2) is 54.3 Å². The van der Waals surface area contributed by atoms with Gasteiger partial charge < -0.3 is 5.32 Å². The third-order valence-electron chi connectivity index (χ3n) is 4.17. The minimum Gasteiger partial charge on any atom is -0.320 e. The average Bonchev–Trinajstić information content (AvgIpc) is 2.67. The summed E-state index contributed by atoms with van der Waals surface area (Å²) in [5.74, 6) is -26.3. The predicted molar refractivity (Wildman–Crippen MR) is 87.7 cm³/mol. The molecule has 0 radical (unpaired) electrons. The number of anilines is 1. The van der Waals surface area contributed by atoms with Gasteiger partial charge >= 0.3 is 48.4 Å². The number of hydrogen-bond acceptors (Lipinski definition) is 3. The Morgan fingerprint density at radius 2 is 1.18 bits per heavy atom. The number of carbonyl (C=O) groups is 1. The zero-order chi connectivity index (χ0) is 30.6. The summed E-state index contributed by atoms with van der Waals surface area (Å²) in [4.78, 5) is 11.8. The number of hydrogen-bond donors (Lipinski definition) is 1. The molecule has 220 valence electrons. The highest BCUT2D eigenvalue weighted by molar-refractivity contribution is 6.31. The molecular formula is C16H7ClF17NO3. The van der Waals surface area contributed by atoms with Gasteiger partial charge in [-0.1, -0.05) is 17.7 Å². The number of alkyl halides is 17. The molecule has 0 heterocycles. The van der Waals surface area contributed by atoms with Crippen molar-refractivity contribution < 1.29 is 88.9 Å². The number of ether oxygens (including phenoxy) is 2. The van der Waals surface area contributed by atoms with E-state index in [9.17, 15) is 79.4 Å². The topological polar surface area (TPSA) is 47.6 Å². The van der Waals surface area contributed by atoms with Crippen LogP contribution in [0, 0.1) is 6.92 Å². The van der Waals surface area contributed by atoms with Gasteiger partial charge in [0, 0.05) is 10.7 Å². The Balaban J connectivity index is 3.67. The number of amides is 1. The molecule has 0 aliphatic carbocycles. The molecule has 0 aliphatic heterocycles. The average molecular weight is 620 g/mol. The highest BCUT2D eigenvalue weighted by atomic mass is 35.5. The third-order valence-corrected chi connectivity index (χ3v) is 4.58. The number of carbonyl (C=O) groups excluding carboxylic acids is 1. The molecular weight excluding hydrogens is 613 g/mol. The minimum atomic E-state index is -8.08. The van der Waals surface area contributed by atoms with Crippen LogP contribution in [0.3, 0.4) is 0 Å². The molecule has 1 N–H and O–H groups in total. The van der Waals surface area contributed by atoms with Crippen molar-refractivity contribution in [1.82, 2.24) is 0 Å². The summed E-state index contributed by atoms with van der Waals surface area (Å²) >= 11 is 5.53. The van der Waals surface area contributed by atoms with Gasteiger partial charge in [0.25, 0.3) is 5.91 Å². The molecule has 1 aromatic carbocycles. The van der Waals surface area contributed by atoms with Crippen molar-refractivity contribution in [3.8, 4) is 0 Å². The van der Waals surface area contributed by atoms with Crippen LogP contribution in [0.15, 0.2) is 18.2 Å². The quantitative estimate of drug-likeness (QED) is 0.308. The Labute approximate surface area is 202 Å². The maximum absolute atomic E-state index is 14.5. The molecule has 22 heteroatoms. The van der Waals surface area contributed by atoms with E-state index in [0.29, 0.717) is 6.07 Å². The largest absolute Gasteiger partial charge is 0.462 e. The Morgan fingerprint density at radius 3 is 1.58 bits per heavy atom. The molecule has 0 aliphatic rings. The van der Waals surface area contributed by atoms with Crippen molar-refractivity contribution in [1.29, 1.82) is 0 Å². The van der Waals surface area contributed by atoms with Gasteiger partial charge in [0.2, 0.25) is 0 Å². The van der Waals surface area contributed by atoms with Gasteiger partial charge in [0.05, 0.1) is 0 Å². The SMILES string of the molecule is Cc1c(Cl)cccc1NC(=O)[C@](F)(OC(F)(F)[C@@](F)(OC(F)(F)C(F)(F)C(F)(F)F)C(F)(F)F)C(F)(F)F. The van der Waals surface area contributed by atoms with Gasteiger partial charge in [-0.15, -0.1) is 0 Å². The van der Waals surface area contributed by atoms with Crippen LogP contribution in [0.4, 0.5) is 80.3 Å². The van der Waals surface area contributed by atoms with E-state index >= 15 is 0 Å². The Kier molecular flexibility index (Phi) is 8.63. The van der Waals surface area contributed by atoms with Crippen LogP contribution in [0.2, 0.25) is 5.02 Å². The lowest BCUT2D eigenvalue weighted by Crippen LogP contribution is -2.68. The van der Waals surface area contributed by atoms with Crippen molar-refractivity contribution in [3.63, 3.8) is 0 Å².